The fourth-order valence-electron chi connectivity index (χ4n) is 1.82. The summed E-state index contributed by atoms with van der Waals surface area (Å²) in [6, 6.07) is 0. The van der Waals surface area contributed by atoms with Crippen LogP contribution in [0.5, 0.6) is 0 Å². The van der Waals surface area contributed by atoms with Gasteiger partial charge >= 0.3 is 0 Å². The minimum Gasteiger partial charge on any atom is -0.395 e. The molecule has 1 amide bonds. The van der Waals surface area contributed by atoms with E-state index >= 15 is 0 Å². The van der Waals surface area contributed by atoms with Crippen LogP contribution >= 0.6 is 0 Å². The molecular formula is C11H21NO2. The summed E-state index contributed by atoms with van der Waals surface area (Å²) >= 11 is 0. The highest BCUT2D eigenvalue weighted by Gasteiger charge is 2.43. The highest BCUT2D eigenvalue weighted by molar-refractivity contribution is 5.83. The summed E-state index contributed by atoms with van der Waals surface area (Å²) < 4.78 is 0. The molecule has 0 bridgehead atoms. The zero-order valence-corrected chi connectivity index (χ0v) is 9.01. The van der Waals surface area contributed by atoms with Gasteiger partial charge in [0.2, 0.25) is 5.91 Å². The first-order valence-electron chi connectivity index (χ1n) is 5.64. The third kappa shape index (κ3) is 2.47. The van der Waals surface area contributed by atoms with Gasteiger partial charge in [-0.1, -0.05) is 26.2 Å². The van der Waals surface area contributed by atoms with Gasteiger partial charge in [0.15, 0.2) is 0 Å². The Morgan fingerprint density at radius 2 is 2.14 bits per heavy atom. The lowest BCUT2D eigenvalue weighted by atomic mass is 9.68. The second-order valence-electron chi connectivity index (χ2n) is 4.26. The van der Waals surface area contributed by atoms with Gasteiger partial charge < -0.3 is 10.4 Å². The average molecular weight is 199 g/mol. The third-order valence-electron chi connectivity index (χ3n) is 3.16. The van der Waals surface area contributed by atoms with E-state index in [0.717, 1.165) is 38.6 Å². The monoisotopic (exact) mass is 199 g/mol. The van der Waals surface area contributed by atoms with Gasteiger partial charge in [0.25, 0.3) is 0 Å². The van der Waals surface area contributed by atoms with Gasteiger partial charge in [-0.05, 0) is 19.3 Å². The van der Waals surface area contributed by atoms with Crippen LogP contribution in [0, 0.1) is 5.41 Å². The van der Waals surface area contributed by atoms with Crippen LogP contribution in [0.1, 0.15) is 45.4 Å². The van der Waals surface area contributed by atoms with E-state index in [2.05, 4.69) is 12.2 Å². The number of carbonyl (C=O) groups is 1. The van der Waals surface area contributed by atoms with Gasteiger partial charge in [-0.3, -0.25) is 4.79 Å². The fourth-order valence-corrected chi connectivity index (χ4v) is 1.82. The van der Waals surface area contributed by atoms with Crippen LogP contribution in [0.25, 0.3) is 0 Å². The van der Waals surface area contributed by atoms with Crippen molar-refractivity contribution in [2.24, 2.45) is 5.41 Å². The smallest absolute Gasteiger partial charge is 0.228 e. The van der Waals surface area contributed by atoms with Crippen LogP contribution in [0.3, 0.4) is 0 Å². The number of carbonyl (C=O) groups excluding carboxylic acids is 1. The average Bonchev–Trinajstić information content (AvgIpc) is 2.12. The number of amides is 1. The van der Waals surface area contributed by atoms with E-state index in [-0.39, 0.29) is 12.5 Å². The molecule has 2 N–H and O–H groups in total. The molecule has 0 radical (unpaired) electrons. The number of aliphatic hydroxyl groups excluding tert-OH is 1. The first-order chi connectivity index (χ1) is 6.75. The molecule has 82 valence electrons. The molecule has 0 spiro atoms. The van der Waals surface area contributed by atoms with Crippen molar-refractivity contribution in [1.82, 2.24) is 5.32 Å². The Kier molecular flexibility index (Phi) is 4.39. The Balaban J connectivity index is 2.20. The molecule has 0 aromatic rings. The molecular weight excluding hydrogens is 178 g/mol. The molecule has 0 heterocycles. The molecule has 0 aromatic carbocycles. The zero-order chi connectivity index (χ0) is 10.4. The number of rotatable bonds is 6. The number of aliphatic hydroxyl groups is 1. The topological polar surface area (TPSA) is 49.3 Å². The summed E-state index contributed by atoms with van der Waals surface area (Å²) in [5.74, 6) is 0.0577. The summed E-state index contributed by atoms with van der Waals surface area (Å²) in [5.41, 5.74) is -0.424. The molecule has 1 aliphatic carbocycles. The largest absolute Gasteiger partial charge is 0.395 e. The number of nitrogens with one attached hydrogen (secondary N) is 1. The van der Waals surface area contributed by atoms with Crippen LogP contribution in [0.15, 0.2) is 0 Å². The summed E-state index contributed by atoms with van der Waals surface area (Å²) in [6.45, 7) is 2.91. The molecule has 3 heteroatoms. The molecule has 1 saturated carbocycles. The highest BCUT2D eigenvalue weighted by Crippen LogP contribution is 2.40. The molecule has 3 nitrogen and oxygen atoms in total. The van der Waals surface area contributed by atoms with E-state index in [1.807, 2.05) is 0 Å². The van der Waals surface area contributed by atoms with Gasteiger partial charge in [0.1, 0.15) is 0 Å². The normalized spacial score (nSPS) is 18.7. The van der Waals surface area contributed by atoms with Crippen molar-refractivity contribution in [1.29, 1.82) is 0 Å². The number of unbranched alkanes of at least 4 members (excludes halogenated alkanes) is 2. The molecule has 0 aromatic heterocycles. The summed E-state index contributed by atoms with van der Waals surface area (Å²) in [5, 5.41) is 12.1. The van der Waals surface area contributed by atoms with Gasteiger partial charge in [0.05, 0.1) is 12.0 Å². The first-order valence-corrected chi connectivity index (χ1v) is 5.64. The van der Waals surface area contributed by atoms with Gasteiger partial charge in [-0.25, -0.2) is 0 Å². The Morgan fingerprint density at radius 1 is 1.43 bits per heavy atom. The van der Waals surface area contributed by atoms with E-state index < -0.39 is 5.41 Å². The van der Waals surface area contributed by atoms with Crippen LogP contribution in [0.4, 0.5) is 0 Å². The Labute approximate surface area is 85.9 Å². The van der Waals surface area contributed by atoms with Crippen LogP contribution < -0.4 is 5.32 Å². The maximum atomic E-state index is 11.7. The van der Waals surface area contributed by atoms with Crippen molar-refractivity contribution in [3.8, 4) is 0 Å². The molecule has 0 saturated heterocycles. The van der Waals surface area contributed by atoms with Gasteiger partial charge in [0, 0.05) is 6.54 Å². The summed E-state index contributed by atoms with van der Waals surface area (Å²) in [6.07, 6.45) is 6.15. The lowest BCUT2D eigenvalue weighted by molar-refractivity contribution is -0.139. The standard InChI is InChI=1S/C11H21NO2/c1-2-3-4-8-12-10(14)11(9-13)6-5-7-11/h13H,2-9H2,1H3,(H,12,14). The molecule has 1 rings (SSSR count). The van der Waals surface area contributed by atoms with Crippen molar-refractivity contribution in [2.75, 3.05) is 13.2 Å². The van der Waals surface area contributed by atoms with Crippen molar-refractivity contribution >= 4 is 5.91 Å². The lowest BCUT2D eigenvalue weighted by Crippen LogP contribution is -2.48. The van der Waals surface area contributed by atoms with E-state index in [0.29, 0.717) is 0 Å². The van der Waals surface area contributed by atoms with Crippen molar-refractivity contribution in [3.63, 3.8) is 0 Å². The minimum absolute atomic E-state index is 0.00656. The maximum absolute atomic E-state index is 11.7. The second kappa shape index (κ2) is 5.35. The molecule has 1 aliphatic rings. The molecule has 0 aliphatic heterocycles. The van der Waals surface area contributed by atoms with Crippen molar-refractivity contribution < 1.29 is 9.90 Å². The fraction of sp³-hybridized carbons (Fsp3) is 0.909. The molecule has 0 unspecified atom stereocenters. The molecule has 0 atom stereocenters. The van der Waals surface area contributed by atoms with E-state index in [1.165, 1.54) is 6.42 Å². The van der Waals surface area contributed by atoms with E-state index in [4.69, 9.17) is 5.11 Å². The van der Waals surface area contributed by atoms with Crippen LogP contribution in [-0.2, 0) is 4.79 Å². The Hall–Kier alpha value is -0.570. The highest BCUT2D eigenvalue weighted by atomic mass is 16.3. The first kappa shape index (κ1) is 11.5. The minimum atomic E-state index is -0.424. The quantitative estimate of drug-likeness (QED) is 0.636. The van der Waals surface area contributed by atoms with Crippen LogP contribution in [0.2, 0.25) is 0 Å². The number of hydrogen-bond donors (Lipinski definition) is 2. The predicted molar refractivity (Wildman–Crippen MR) is 55.9 cm³/mol. The van der Waals surface area contributed by atoms with Crippen molar-refractivity contribution in [3.05, 3.63) is 0 Å². The predicted octanol–water partition coefficient (Wildman–Crippen LogP) is 1.46. The van der Waals surface area contributed by atoms with E-state index in [9.17, 15) is 4.79 Å². The second-order valence-corrected chi connectivity index (χ2v) is 4.26. The van der Waals surface area contributed by atoms with Crippen LogP contribution in [-0.4, -0.2) is 24.2 Å². The van der Waals surface area contributed by atoms with Gasteiger partial charge in [-0.15, -0.1) is 0 Å². The zero-order valence-electron chi connectivity index (χ0n) is 9.01. The Morgan fingerprint density at radius 3 is 2.57 bits per heavy atom. The van der Waals surface area contributed by atoms with Gasteiger partial charge in [-0.2, -0.15) is 0 Å². The Bertz CT molecular complexity index is 182. The maximum Gasteiger partial charge on any atom is 0.228 e. The van der Waals surface area contributed by atoms with E-state index in [1.54, 1.807) is 0 Å². The molecule has 1 fully saturated rings. The number of hydrogen-bond acceptors (Lipinski definition) is 2. The third-order valence-corrected chi connectivity index (χ3v) is 3.16. The molecule has 14 heavy (non-hydrogen) atoms. The SMILES string of the molecule is CCCCCNC(=O)C1(CO)CCC1. The summed E-state index contributed by atoms with van der Waals surface area (Å²) in [4.78, 5) is 11.7. The summed E-state index contributed by atoms with van der Waals surface area (Å²) in [7, 11) is 0. The lowest BCUT2D eigenvalue weighted by Gasteiger charge is -2.38. The van der Waals surface area contributed by atoms with Crippen molar-refractivity contribution in [2.45, 2.75) is 45.4 Å².